The van der Waals surface area contributed by atoms with Crippen LogP contribution >= 0.6 is 0 Å². The summed E-state index contributed by atoms with van der Waals surface area (Å²) in [5.74, 6) is -0.211. The van der Waals surface area contributed by atoms with Crippen molar-refractivity contribution in [1.29, 1.82) is 0 Å². The highest BCUT2D eigenvalue weighted by molar-refractivity contribution is 5.80. The van der Waals surface area contributed by atoms with Gasteiger partial charge in [0.2, 0.25) is 5.91 Å². The fourth-order valence-electron chi connectivity index (χ4n) is 3.91. The van der Waals surface area contributed by atoms with E-state index >= 15 is 0 Å². The highest BCUT2D eigenvalue weighted by Gasteiger charge is 2.39. The molecule has 31 heavy (non-hydrogen) atoms. The van der Waals surface area contributed by atoms with Crippen molar-refractivity contribution < 1.29 is 18.0 Å². The SMILES string of the molecule is CCCCCN(CCCCC)CC(C)NC(=O)C(C)n1nc(C(F)(F)F)cc1C1CC1. The number of aromatic nitrogens is 2. The molecule has 1 amide bonds. The molecular weight excluding hydrogens is 405 g/mol. The van der Waals surface area contributed by atoms with Crippen molar-refractivity contribution >= 4 is 5.91 Å². The molecule has 0 saturated heterocycles. The van der Waals surface area contributed by atoms with E-state index in [0.717, 1.165) is 51.4 Å². The molecule has 0 aromatic carbocycles. The van der Waals surface area contributed by atoms with Crippen molar-refractivity contribution in [3.63, 3.8) is 0 Å². The Morgan fingerprint density at radius 3 is 2.23 bits per heavy atom. The number of carbonyl (C=O) groups excluding carboxylic acids is 1. The summed E-state index contributed by atoms with van der Waals surface area (Å²) < 4.78 is 40.7. The molecule has 2 unspecified atom stereocenters. The van der Waals surface area contributed by atoms with Crippen molar-refractivity contribution in [3.8, 4) is 0 Å². The number of rotatable bonds is 14. The molecule has 1 fully saturated rings. The first-order valence-corrected chi connectivity index (χ1v) is 11.9. The third kappa shape index (κ3) is 8.13. The minimum Gasteiger partial charge on any atom is -0.351 e. The van der Waals surface area contributed by atoms with Gasteiger partial charge in [-0.25, -0.2) is 0 Å². The van der Waals surface area contributed by atoms with Gasteiger partial charge in [-0.2, -0.15) is 18.3 Å². The lowest BCUT2D eigenvalue weighted by Crippen LogP contribution is -2.45. The van der Waals surface area contributed by atoms with Crippen molar-refractivity contribution in [2.75, 3.05) is 19.6 Å². The average molecular weight is 445 g/mol. The zero-order chi connectivity index (χ0) is 23.0. The average Bonchev–Trinajstić information content (AvgIpc) is 3.44. The van der Waals surface area contributed by atoms with Gasteiger partial charge < -0.3 is 10.2 Å². The molecule has 1 aliphatic carbocycles. The highest BCUT2D eigenvalue weighted by Crippen LogP contribution is 2.42. The molecule has 1 aliphatic rings. The van der Waals surface area contributed by atoms with Crippen LogP contribution in [0.5, 0.6) is 0 Å². The molecule has 2 atom stereocenters. The second-order valence-electron chi connectivity index (χ2n) is 8.97. The van der Waals surface area contributed by atoms with E-state index < -0.39 is 17.9 Å². The fourth-order valence-corrected chi connectivity index (χ4v) is 3.91. The third-order valence-corrected chi connectivity index (χ3v) is 5.87. The Morgan fingerprint density at radius 1 is 1.16 bits per heavy atom. The Hall–Kier alpha value is -1.57. The molecule has 0 bridgehead atoms. The van der Waals surface area contributed by atoms with Gasteiger partial charge in [0.1, 0.15) is 6.04 Å². The number of nitrogens with zero attached hydrogens (tertiary/aromatic N) is 3. The van der Waals surface area contributed by atoms with Crippen molar-refractivity contribution in [2.45, 2.75) is 103 Å². The quantitative estimate of drug-likeness (QED) is 0.384. The number of carbonyl (C=O) groups is 1. The third-order valence-electron chi connectivity index (χ3n) is 5.87. The maximum Gasteiger partial charge on any atom is 0.435 e. The van der Waals surface area contributed by atoms with Gasteiger partial charge in [0.25, 0.3) is 0 Å². The Labute approximate surface area is 184 Å². The molecule has 1 N–H and O–H groups in total. The van der Waals surface area contributed by atoms with Gasteiger partial charge in [-0.15, -0.1) is 0 Å². The van der Waals surface area contributed by atoms with E-state index in [9.17, 15) is 18.0 Å². The Morgan fingerprint density at radius 2 is 1.74 bits per heavy atom. The van der Waals surface area contributed by atoms with Gasteiger partial charge in [-0.1, -0.05) is 39.5 Å². The van der Waals surface area contributed by atoms with Crippen LogP contribution in [-0.2, 0) is 11.0 Å². The Balaban J connectivity index is 1.98. The van der Waals surface area contributed by atoms with Crippen LogP contribution in [0.15, 0.2) is 6.07 Å². The molecule has 1 aromatic rings. The van der Waals surface area contributed by atoms with E-state index in [2.05, 4.69) is 29.2 Å². The number of amides is 1. The molecular formula is C23H39F3N4O. The van der Waals surface area contributed by atoms with Gasteiger partial charge in [-0.3, -0.25) is 9.48 Å². The van der Waals surface area contributed by atoms with E-state index in [-0.39, 0.29) is 17.9 Å². The fraction of sp³-hybridized carbons (Fsp3) is 0.826. The topological polar surface area (TPSA) is 50.2 Å². The molecule has 1 aromatic heterocycles. The van der Waals surface area contributed by atoms with Gasteiger partial charge in [0.05, 0.1) is 0 Å². The summed E-state index contributed by atoms with van der Waals surface area (Å²) in [4.78, 5) is 15.2. The second-order valence-corrected chi connectivity index (χ2v) is 8.97. The van der Waals surface area contributed by atoms with Crippen LogP contribution < -0.4 is 5.32 Å². The van der Waals surface area contributed by atoms with Crippen molar-refractivity contribution in [3.05, 3.63) is 17.5 Å². The zero-order valence-corrected chi connectivity index (χ0v) is 19.5. The van der Waals surface area contributed by atoms with Crippen LogP contribution in [0.3, 0.4) is 0 Å². The number of nitrogens with one attached hydrogen (secondary N) is 1. The molecule has 1 heterocycles. The van der Waals surface area contributed by atoms with Gasteiger partial charge >= 0.3 is 6.18 Å². The zero-order valence-electron chi connectivity index (χ0n) is 19.5. The minimum absolute atomic E-state index is 0.0731. The smallest absolute Gasteiger partial charge is 0.351 e. The van der Waals surface area contributed by atoms with Gasteiger partial charge in [0, 0.05) is 24.2 Å². The number of hydrogen-bond donors (Lipinski definition) is 1. The molecule has 0 radical (unpaired) electrons. The van der Waals surface area contributed by atoms with Crippen molar-refractivity contribution in [2.24, 2.45) is 0 Å². The van der Waals surface area contributed by atoms with Gasteiger partial charge in [-0.05, 0) is 58.7 Å². The summed E-state index contributed by atoms with van der Waals surface area (Å²) in [6.07, 6.45) is 4.17. The standard InChI is InChI=1S/C23H39F3N4O/c1-5-7-9-13-29(14-10-8-6-2)16-17(3)27-22(31)18(4)30-20(19-11-12-19)15-21(28-30)23(24,25)26/h15,17-19H,5-14,16H2,1-4H3,(H,27,31). The van der Waals surface area contributed by atoms with Crippen molar-refractivity contribution in [1.82, 2.24) is 20.0 Å². The highest BCUT2D eigenvalue weighted by atomic mass is 19.4. The predicted octanol–water partition coefficient (Wildman–Crippen LogP) is 5.53. The van der Waals surface area contributed by atoms with E-state index in [4.69, 9.17) is 0 Å². The van der Waals surface area contributed by atoms with E-state index in [0.29, 0.717) is 5.69 Å². The summed E-state index contributed by atoms with van der Waals surface area (Å²) in [5.41, 5.74) is -0.400. The summed E-state index contributed by atoms with van der Waals surface area (Å²) in [7, 11) is 0. The first-order chi connectivity index (χ1) is 14.7. The summed E-state index contributed by atoms with van der Waals surface area (Å²) in [6.45, 7) is 10.7. The number of halogens is 3. The molecule has 8 heteroatoms. The maximum atomic E-state index is 13.2. The molecule has 5 nitrogen and oxygen atoms in total. The lowest BCUT2D eigenvalue weighted by molar-refractivity contribution is -0.142. The molecule has 0 aliphatic heterocycles. The van der Waals surface area contributed by atoms with E-state index in [1.165, 1.54) is 30.4 Å². The first-order valence-electron chi connectivity index (χ1n) is 11.9. The lowest BCUT2D eigenvalue weighted by Gasteiger charge is -2.27. The summed E-state index contributed by atoms with van der Waals surface area (Å²) >= 11 is 0. The van der Waals surface area contributed by atoms with E-state index in [1.807, 2.05) is 6.92 Å². The summed E-state index contributed by atoms with van der Waals surface area (Å²) in [5, 5.41) is 6.75. The number of unbranched alkanes of at least 4 members (excludes halogenated alkanes) is 4. The van der Waals surface area contributed by atoms with Crippen LogP contribution in [0.2, 0.25) is 0 Å². The van der Waals surface area contributed by atoms with Crippen LogP contribution in [0.25, 0.3) is 0 Å². The number of hydrogen-bond acceptors (Lipinski definition) is 3. The summed E-state index contributed by atoms with van der Waals surface area (Å²) in [6, 6.07) is 0.247. The molecule has 2 rings (SSSR count). The van der Waals surface area contributed by atoms with E-state index in [1.54, 1.807) is 6.92 Å². The van der Waals surface area contributed by atoms with Crippen LogP contribution in [0.4, 0.5) is 13.2 Å². The predicted molar refractivity (Wildman–Crippen MR) is 117 cm³/mol. The first kappa shape index (κ1) is 25.7. The monoisotopic (exact) mass is 444 g/mol. The van der Waals surface area contributed by atoms with Crippen LogP contribution in [0.1, 0.15) is 102 Å². The Kier molecular flexibility index (Phi) is 9.85. The normalized spacial score (nSPS) is 16.5. The molecule has 178 valence electrons. The van der Waals surface area contributed by atoms with Crippen LogP contribution in [-0.4, -0.2) is 46.3 Å². The lowest BCUT2D eigenvalue weighted by atomic mass is 10.2. The second kappa shape index (κ2) is 11.9. The van der Waals surface area contributed by atoms with Gasteiger partial charge in [0.15, 0.2) is 5.69 Å². The Bertz CT molecular complexity index is 675. The number of alkyl halides is 3. The minimum atomic E-state index is -4.50. The molecule has 0 spiro atoms. The molecule has 1 saturated carbocycles. The van der Waals surface area contributed by atoms with Crippen LogP contribution in [0, 0.1) is 0 Å². The largest absolute Gasteiger partial charge is 0.435 e. The maximum absolute atomic E-state index is 13.2.